The molecule has 1 N–H and O–H groups in total. The minimum atomic E-state index is -0.704. The zero-order valence-electron chi connectivity index (χ0n) is 19.1. The Morgan fingerprint density at radius 1 is 1.00 bits per heavy atom. The molecule has 1 aliphatic rings. The summed E-state index contributed by atoms with van der Waals surface area (Å²) in [6.07, 6.45) is 3.32. The van der Waals surface area contributed by atoms with Gasteiger partial charge in [0.2, 0.25) is 5.56 Å². The summed E-state index contributed by atoms with van der Waals surface area (Å²) in [5, 5.41) is 9.38. The van der Waals surface area contributed by atoms with Crippen molar-refractivity contribution in [2.75, 3.05) is 13.2 Å². The van der Waals surface area contributed by atoms with Gasteiger partial charge in [-0.15, -0.1) is 0 Å². The second kappa shape index (κ2) is 9.63. The van der Waals surface area contributed by atoms with Crippen LogP contribution in [0.4, 0.5) is 4.79 Å². The van der Waals surface area contributed by atoms with Crippen LogP contribution in [-0.4, -0.2) is 33.8 Å². The lowest BCUT2D eigenvalue weighted by molar-refractivity contribution is -0.0680. The van der Waals surface area contributed by atoms with E-state index in [-0.39, 0.29) is 24.3 Å². The molecule has 1 amide bonds. The van der Waals surface area contributed by atoms with Gasteiger partial charge in [0, 0.05) is 38.9 Å². The number of carbonyl (C=O) groups is 1. The van der Waals surface area contributed by atoms with Gasteiger partial charge >= 0.3 is 6.09 Å². The Kier molecular flexibility index (Phi) is 6.65. The molecule has 172 valence electrons. The highest BCUT2D eigenvalue weighted by Gasteiger charge is 2.43. The molecular formula is C27H30N2O4. The van der Waals surface area contributed by atoms with Crippen LogP contribution < -0.4 is 5.56 Å². The molecule has 2 aromatic carbocycles. The smallest absolute Gasteiger partial charge is 0.411 e. The molecule has 4 rings (SSSR count). The molecule has 1 aromatic heterocycles. The maximum absolute atomic E-state index is 13.1. The van der Waals surface area contributed by atoms with Gasteiger partial charge in [0.1, 0.15) is 5.60 Å². The van der Waals surface area contributed by atoms with Crippen molar-refractivity contribution in [1.29, 1.82) is 0 Å². The van der Waals surface area contributed by atoms with E-state index < -0.39 is 5.60 Å². The Hall–Kier alpha value is -3.38. The number of pyridine rings is 1. The maximum Gasteiger partial charge on any atom is 0.411 e. The van der Waals surface area contributed by atoms with E-state index in [2.05, 4.69) is 0 Å². The Bertz CT molecular complexity index is 1160. The van der Waals surface area contributed by atoms with Gasteiger partial charge in [-0.1, -0.05) is 54.6 Å². The molecule has 1 fully saturated rings. The first kappa shape index (κ1) is 22.8. The first-order chi connectivity index (χ1) is 15.9. The summed E-state index contributed by atoms with van der Waals surface area (Å²) in [5.74, 6) is 0. The number of nitrogens with zero attached hydrogens (tertiary/aromatic N) is 2. The van der Waals surface area contributed by atoms with E-state index in [4.69, 9.17) is 4.74 Å². The van der Waals surface area contributed by atoms with Gasteiger partial charge in [-0.05, 0) is 48.1 Å². The average molecular weight is 447 g/mol. The predicted octanol–water partition coefficient (Wildman–Crippen LogP) is 4.62. The number of amides is 1. The summed E-state index contributed by atoms with van der Waals surface area (Å²) in [7, 11) is 1.74. The van der Waals surface area contributed by atoms with Crippen molar-refractivity contribution < 1.29 is 14.6 Å². The number of ether oxygens (including phenoxy) is 1. The van der Waals surface area contributed by atoms with Crippen molar-refractivity contribution in [1.82, 2.24) is 9.47 Å². The number of aliphatic hydroxyl groups is 1. The molecule has 6 heteroatoms. The largest absolute Gasteiger partial charge is 0.438 e. The molecule has 2 heterocycles. The summed E-state index contributed by atoms with van der Waals surface area (Å²) in [6, 6.07) is 21.1. The lowest BCUT2D eigenvalue weighted by atomic mass is 9.84. The predicted molar refractivity (Wildman–Crippen MR) is 128 cm³/mol. The van der Waals surface area contributed by atoms with Gasteiger partial charge in [0.05, 0.1) is 6.04 Å². The molecule has 3 aromatic rings. The van der Waals surface area contributed by atoms with E-state index in [0.29, 0.717) is 25.8 Å². The summed E-state index contributed by atoms with van der Waals surface area (Å²) in [6.45, 7) is 2.64. The maximum atomic E-state index is 13.1. The van der Waals surface area contributed by atoms with Gasteiger partial charge in [-0.2, -0.15) is 0 Å². The van der Waals surface area contributed by atoms with Crippen LogP contribution in [0.5, 0.6) is 0 Å². The third-order valence-electron chi connectivity index (χ3n) is 6.59. The van der Waals surface area contributed by atoms with Crippen LogP contribution in [0.3, 0.4) is 0 Å². The number of aliphatic hydroxyl groups excluding tert-OH is 1. The van der Waals surface area contributed by atoms with Gasteiger partial charge in [-0.3, -0.25) is 4.79 Å². The highest BCUT2D eigenvalue weighted by molar-refractivity contribution is 5.70. The Labute approximate surface area is 194 Å². The Balaban J connectivity index is 1.51. The van der Waals surface area contributed by atoms with Crippen LogP contribution in [0.25, 0.3) is 11.1 Å². The minimum Gasteiger partial charge on any atom is -0.438 e. The van der Waals surface area contributed by atoms with E-state index in [1.54, 1.807) is 22.6 Å². The first-order valence-electron chi connectivity index (χ1n) is 11.4. The molecule has 0 bridgehead atoms. The van der Waals surface area contributed by atoms with E-state index >= 15 is 0 Å². The Morgan fingerprint density at radius 2 is 1.70 bits per heavy atom. The third kappa shape index (κ3) is 4.71. The highest BCUT2D eigenvalue weighted by Crippen LogP contribution is 2.40. The van der Waals surface area contributed by atoms with Crippen molar-refractivity contribution in [2.45, 2.75) is 37.8 Å². The Morgan fingerprint density at radius 3 is 2.33 bits per heavy atom. The quantitative estimate of drug-likeness (QED) is 0.575. The summed E-state index contributed by atoms with van der Waals surface area (Å²) in [5.41, 5.74) is 3.21. The number of carbonyl (C=O) groups excluding carboxylic acids is 1. The second-order valence-electron chi connectivity index (χ2n) is 8.66. The van der Waals surface area contributed by atoms with Gasteiger partial charge in [-0.25, -0.2) is 4.79 Å². The molecule has 0 spiro atoms. The standard InChI is InChI=1S/C27H30N2O4/c1-20(21-9-11-22(12-10-21)23-13-14-25(31)28(2)19-23)29-17-16-27(15-6-18-30,33-26(29)32)24-7-4-3-5-8-24/h3-5,7-14,19-20,30H,6,15-18H2,1-2H3. The molecule has 0 aliphatic carbocycles. The van der Waals surface area contributed by atoms with Crippen LogP contribution >= 0.6 is 0 Å². The van der Waals surface area contributed by atoms with Crippen LogP contribution in [0.15, 0.2) is 77.7 Å². The van der Waals surface area contributed by atoms with Crippen LogP contribution in [0, 0.1) is 0 Å². The van der Waals surface area contributed by atoms with E-state index in [0.717, 1.165) is 22.3 Å². The van der Waals surface area contributed by atoms with Crippen molar-refractivity contribution in [3.8, 4) is 11.1 Å². The molecule has 2 atom stereocenters. The molecule has 0 radical (unpaired) electrons. The first-order valence-corrected chi connectivity index (χ1v) is 11.4. The van der Waals surface area contributed by atoms with Gasteiger partial charge < -0.3 is 19.3 Å². The number of aryl methyl sites for hydroxylation is 1. The topological polar surface area (TPSA) is 71.8 Å². The van der Waals surface area contributed by atoms with Crippen molar-refractivity contribution in [2.24, 2.45) is 7.05 Å². The van der Waals surface area contributed by atoms with Gasteiger partial charge in [0.25, 0.3) is 0 Å². The number of benzene rings is 2. The third-order valence-corrected chi connectivity index (χ3v) is 6.59. The van der Waals surface area contributed by atoms with E-state index in [1.807, 2.05) is 73.8 Å². The van der Waals surface area contributed by atoms with E-state index in [1.165, 1.54) is 0 Å². The normalized spacial score (nSPS) is 19.2. The SMILES string of the molecule is CC(c1ccc(-c2ccc(=O)n(C)c2)cc1)N1CCC(CCCO)(c2ccccc2)OC1=O. The fourth-order valence-corrected chi connectivity index (χ4v) is 4.55. The van der Waals surface area contributed by atoms with Gasteiger partial charge in [0.15, 0.2) is 0 Å². The zero-order chi connectivity index (χ0) is 23.4. The molecule has 1 aliphatic heterocycles. The lowest BCUT2D eigenvalue weighted by Crippen LogP contribution is -2.48. The zero-order valence-corrected chi connectivity index (χ0v) is 19.1. The molecule has 33 heavy (non-hydrogen) atoms. The number of cyclic esters (lactones) is 1. The number of rotatable bonds is 7. The fourth-order valence-electron chi connectivity index (χ4n) is 4.55. The molecule has 0 saturated carbocycles. The number of hydrogen-bond acceptors (Lipinski definition) is 4. The van der Waals surface area contributed by atoms with Crippen molar-refractivity contribution in [3.63, 3.8) is 0 Å². The molecule has 2 unspecified atom stereocenters. The van der Waals surface area contributed by atoms with Crippen LogP contribution in [0.1, 0.15) is 43.4 Å². The molecule has 1 saturated heterocycles. The molecule has 6 nitrogen and oxygen atoms in total. The van der Waals surface area contributed by atoms with Crippen LogP contribution in [0.2, 0.25) is 0 Å². The second-order valence-corrected chi connectivity index (χ2v) is 8.66. The summed E-state index contributed by atoms with van der Waals surface area (Å²) in [4.78, 5) is 26.5. The monoisotopic (exact) mass is 446 g/mol. The summed E-state index contributed by atoms with van der Waals surface area (Å²) < 4.78 is 7.64. The lowest BCUT2D eigenvalue weighted by Gasteiger charge is -2.43. The van der Waals surface area contributed by atoms with Crippen molar-refractivity contribution in [3.05, 3.63) is 94.4 Å². The fraction of sp³-hybridized carbons (Fsp3) is 0.333. The highest BCUT2D eigenvalue weighted by atomic mass is 16.6. The average Bonchev–Trinajstić information content (AvgIpc) is 2.85. The van der Waals surface area contributed by atoms with Crippen molar-refractivity contribution >= 4 is 6.09 Å². The van der Waals surface area contributed by atoms with E-state index in [9.17, 15) is 14.7 Å². The number of hydrogen-bond donors (Lipinski definition) is 1. The summed E-state index contributed by atoms with van der Waals surface area (Å²) >= 11 is 0. The minimum absolute atomic E-state index is 0.0434. The number of aromatic nitrogens is 1. The van der Waals surface area contributed by atoms with Crippen LogP contribution in [-0.2, 0) is 17.4 Å². The molecular weight excluding hydrogens is 416 g/mol.